The molecular weight excluding hydrogens is 350 g/mol. The summed E-state index contributed by atoms with van der Waals surface area (Å²) in [5.74, 6) is 1.76. The molecule has 0 aliphatic carbocycles. The molecule has 1 fully saturated rings. The first-order valence-electron chi connectivity index (χ1n) is 10.4. The van der Waals surface area contributed by atoms with Crippen LogP contribution in [0.15, 0.2) is 48.0 Å². The van der Waals surface area contributed by atoms with E-state index in [1.807, 2.05) is 18.7 Å². The lowest BCUT2D eigenvalue weighted by atomic mass is 9.96. The smallest absolute Gasteiger partial charge is 0.193 e. The van der Waals surface area contributed by atoms with E-state index in [2.05, 4.69) is 58.0 Å². The third-order valence-corrected chi connectivity index (χ3v) is 5.27. The Kier molecular flexibility index (Phi) is 7.91. The van der Waals surface area contributed by atoms with E-state index in [4.69, 9.17) is 9.73 Å². The zero-order valence-corrected chi connectivity index (χ0v) is 17.2. The van der Waals surface area contributed by atoms with Crippen LogP contribution >= 0.6 is 0 Å². The maximum absolute atomic E-state index is 5.46. The lowest BCUT2D eigenvalue weighted by molar-refractivity contribution is 0.0625. The SMILES string of the molecule is CCNC(=NCc1ccc(Cn2ccnc2)cc1)N(C)CCC1CCOCC1. The Morgan fingerprint density at radius 2 is 2.00 bits per heavy atom. The van der Waals surface area contributed by atoms with E-state index >= 15 is 0 Å². The van der Waals surface area contributed by atoms with Gasteiger partial charge in [0.15, 0.2) is 5.96 Å². The third-order valence-electron chi connectivity index (χ3n) is 5.27. The number of imidazole rings is 1. The van der Waals surface area contributed by atoms with Crippen LogP contribution in [0.5, 0.6) is 0 Å². The van der Waals surface area contributed by atoms with Gasteiger partial charge in [0.2, 0.25) is 0 Å². The van der Waals surface area contributed by atoms with Crippen LogP contribution in [0.1, 0.15) is 37.3 Å². The zero-order valence-electron chi connectivity index (χ0n) is 17.2. The Morgan fingerprint density at radius 1 is 1.25 bits per heavy atom. The van der Waals surface area contributed by atoms with Gasteiger partial charge in [0.05, 0.1) is 12.9 Å². The number of hydrogen-bond acceptors (Lipinski definition) is 3. The second-order valence-electron chi connectivity index (χ2n) is 7.49. The highest BCUT2D eigenvalue weighted by Gasteiger charge is 2.15. The summed E-state index contributed by atoms with van der Waals surface area (Å²) in [4.78, 5) is 11.2. The highest BCUT2D eigenvalue weighted by atomic mass is 16.5. The van der Waals surface area contributed by atoms with Crippen LogP contribution in [-0.4, -0.2) is 53.8 Å². The molecule has 2 aromatic rings. The van der Waals surface area contributed by atoms with Crippen LogP contribution in [0, 0.1) is 5.92 Å². The molecule has 1 aromatic carbocycles. The molecular formula is C22H33N5O. The largest absolute Gasteiger partial charge is 0.381 e. The molecule has 0 atom stereocenters. The average Bonchev–Trinajstić information content (AvgIpc) is 3.24. The summed E-state index contributed by atoms with van der Waals surface area (Å²) in [7, 11) is 2.13. The Hall–Kier alpha value is -2.34. The van der Waals surface area contributed by atoms with Crippen molar-refractivity contribution in [3.63, 3.8) is 0 Å². The molecule has 1 aliphatic heterocycles. The van der Waals surface area contributed by atoms with Crippen LogP contribution in [0.25, 0.3) is 0 Å². The van der Waals surface area contributed by atoms with Gasteiger partial charge in [0.25, 0.3) is 0 Å². The van der Waals surface area contributed by atoms with E-state index in [9.17, 15) is 0 Å². The van der Waals surface area contributed by atoms with E-state index in [1.165, 1.54) is 30.4 Å². The van der Waals surface area contributed by atoms with Gasteiger partial charge in [0.1, 0.15) is 0 Å². The number of rotatable bonds is 8. The minimum absolute atomic E-state index is 0.690. The standard InChI is InChI=1S/C22H33N5O/c1-3-24-22(26(2)12-8-19-9-14-28-15-10-19)25-16-20-4-6-21(7-5-20)17-27-13-11-23-18-27/h4-7,11,13,18-19H,3,8-10,12,14-17H2,1-2H3,(H,24,25). The van der Waals surface area contributed by atoms with Gasteiger partial charge < -0.3 is 19.5 Å². The van der Waals surface area contributed by atoms with Gasteiger partial charge in [-0.1, -0.05) is 24.3 Å². The molecule has 6 nitrogen and oxygen atoms in total. The maximum Gasteiger partial charge on any atom is 0.193 e. The topological polar surface area (TPSA) is 54.7 Å². The summed E-state index contributed by atoms with van der Waals surface area (Å²) >= 11 is 0. The Labute approximate surface area is 168 Å². The molecule has 1 N–H and O–H groups in total. The van der Waals surface area contributed by atoms with Crippen molar-refractivity contribution >= 4 is 5.96 Å². The normalized spacial score (nSPS) is 15.6. The number of hydrogen-bond donors (Lipinski definition) is 1. The Morgan fingerprint density at radius 3 is 2.68 bits per heavy atom. The van der Waals surface area contributed by atoms with Gasteiger partial charge in [0, 0.05) is 52.3 Å². The van der Waals surface area contributed by atoms with Crippen molar-refractivity contribution in [1.82, 2.24) is 19.8 Å². The Bertz CT molecular complexity index is 705. The van der Waals surface area contributed by atoms with E-state index in [0.717, 1.165) is 44.7 Å². The van der Waals surface area contributed by atoms with E-state index in [1.54, 1.807) is 0 Å². The second kappa shape index (κ2) is 10.9. The molecule has 0 saturated carbocycles. The van der Waals surface area contributed by atoms with Crippen molar-refractivity contribution in [3.8, 4) is 0 Å². The zero-order chi connectivity index (χ0) is 19.6. The van der Waals surface area contributed by atoms with Crippen molar-refractivity contribution < 1.29 is 4.74 Å². The highest BCUT2D eigenvalue weighted by Crippen LogP contribution is 2.18. The van der Waals surface area contributed by atoms with Crippen LogP contribution in [-0.2, 0) is 17.8 Å². The Balaban J connectivity index is 1.52. The van der Waals surface area contributed by atoms with Gasteiger partial charge >= 0.3 is 0 Å². The maximum atomic E-state index is 5.46. The molecule has 0 spiro atoms. The molecule has 0 amide bonds. The second-order valence-corrected chi connectivity index (χ2v) is 7.49. The fourth-order valence-corrected chi connectivity index (χ4v) is 3.49. The third kappa shape index (κ3) is 6.37. The van der Waals surface area contributed by atoms with Crippen LogP contribution in [0.3, 0.4) is 0 Å². The predicted octanol–water partition coefficient (Wildman–Crippen LogP) is 3.15. The predicted molar refractivity (Wildman–Crippen MR) is 113 cm³/mol. The minimum Gasteiger partial charge on any atom is -0.381 e. The monoisotopic (exact) mass is 383 g/mol. The highest BCUT2D eigenvalue weighted by molar-refractivity contribution is 5.79. The number of ether oxygens (including phenoxy) is 1. The number of nitrogens with zero attached hydrogens (tertiary/aromatic N) is 4. The van der Waals surface area contributed by atoms with Crippen molar-refractivity contribution in [3.05, 3.63) is 54.1 Å². The van der Waals surface area contributed by atoms with E-state index < -0.39 is 0 Å². The van der Waals surface area contributed by atoms with Gasteiger partial charge in [-0.2, -0.15) is 0 Å². The molecule has 6 heteroatoms. The molecule has 2 heterocycles. The van der Waals surface area contributed by atoms with Crippen molar-refractivity contribution in [1.29, 1.82) is 0 Å². The van der Waals surface area contributed by atoms with Crippen LogP contribution in [0.4, 0.5) is 0 Å². The first-order valence-corrected chi connectivity index (χ1v) is 10.4. The van der Waals surface area contributed by atoms with Crippen molar-refractivity contribution in [2.75, 3.05) is 33.4 Å². The summed E-state index contributed by atoms with van der Waals surface area (Å²) in [6.45, 7) is 7.40. The fraction of sp³-hybridized carbons (Fsp3) is 0.545. The fourth-order valence-electron chi connectivity index (χ4n) is 3.49. The molecule has 0 unspecified atom stereocenters. The van der Waals surface area contributed by atoms with E-state index in [0.29, 0.717) is 6.54 Å². The molecule has 3 rings (SSSR count). The molecule has 1 aliphatic rings. The lowest BCUT2D eigenvalue weighted by Crippen LogP contribution is -2.40. The molecule has 1 saturated heterocycles. The van der Waals surface area contributed by atoms with Gasteiger partial charge in [-0.25, -0.2) is 9.98 Å². The van der Waals surface area contributed by atoms with Crippen molar-refractivity contribution in [2.24, 2.45) is 10.9 Å². The summed E-state index contributed by atoms with van der Waals surface area (Å²) in [5, 5.41) is 3.42. The summed E-state index contributed by atoms with van der Waals surface area (Å²) in [6.07, 6.45) is 9.21. The van der Waals surface area contributed by atoms with Gasteiger partial charge in [-0.15, -0.1) is 0 Å². The van der Waals surface area contributed by atoms with Gasteiger partial charge in [-0.3, -0.25) is 0 Å². The summed E-state index contributed by atoms with van der Waals surface area (Å²) in [6, 6.07) is 8.68. The lowest BCUT2D eigenvalue weighted by Gasteiger charge is -2.26. The molecule has 28 heavy (non-hydrogen) atoms. The van der Waals surface area contributed by atoms with E-state index in [-0.39, 0.29) is 0 Å². The number of nitrogens with one attached hydrogen (secondary N) is 1. The number of aromatic nitrogens is 2. The van der Waals surface area contributed by atoms with Crippen LogP contribution < -0.4 is 5.32 Å². The quantitative estimate of drug-likeness (QED) is 0.562. The molecule has 0 bridgehead atoms. The van der Waals surface area contributed by atoms with Crippen molar-refractivity contribution in [2.45, 2.75) is 39.3 Å². The first kappa shape index (κ1) is 20.4. The van der Waals surface area contributed by atoms with Crippen LogP contribution in [0.2, 0.25) is 0 Å². The average molecular weight is 384 g/mol. The summed E-state index contributed by atoms with van der Waals surface area (Å²) in [5.41, 5.74) is 2.49. The first-order chi connectivity index (χ1) is 13.7. The molecule has 152 valence electrons. The number of aliphatic imine (C=N–C) groups is 1. The number of guanidine groups is 1. The van der Waals surface area contributed by atoms with Gasteiger partial charge in [-0.05, 0) is 43.2 Å². The summed E-state index contributed by atoms with van der Waals surface area (Å²) < 4.78 is 7.54. The molecule has 0 radical (unpaired) electrons. The molecule has 1 aromatic heterocycles. The number of benzene rings is 1. The minimum atomic E-state index is 0.690.